The zero-order chi connectivity index (χ0) is 16.0. The van der Waals surface area contributed by atoms with E-state index in [2.05, 4.69) is 12.0 Å². The van der Waals surface area contributed by atoms with Gasteiger partial charge in [0.2, 0.25) is 5.91 Å². The van der Waals surface area contributed by atoms with Gasteiger partial charge in [-0.2, -0.15) is 5.10 Å². The first-order valence-corrected chi connectivity index (χ1v) is 8.40. The summed E-state index contributed by atoms with van der Waals surface area (Å²) >= 11 is 0. The SMILES string of the molecule is C[C@@H]1C[C@H]1C(=O)N1Cc2ccnn2[C@H](C(=O)N2CCCCO2)C1. The van der Waals surface area contributed by atoms with Crippen LogP contribution in [0, 0.1) is 11.8 Å². The number of amides is 2. The van der Waals surface area contributed by atoms with E-state index in [4.69, 9.17) is 4.84 Å². The van der Waals surface area contributed by atoms with E-state index >= 15 is 0 Å². The molecule has 1 aromatic rings. The number of hydroxylamine groups is 2. The molecule has 3 aliphatic rings. The van der Waals surface area contributed by atoms with E-state index in [1.54, 1.807) is 10.9 Å². The van der Waals surface area contributed by atoms with E-state index in [9.17, 15) is 9.59 Å². The first-order chi connectivity index (χ1) is 11.1. The average molecular weight is 318 g/mol. The quantitative estimate of drug-likeness (QED) is 0.815. The van der Waals surface area contributed by atoms with Gasteiger partial charge in [-0.25, -0.2) is 5.06 Å². The summed E-state index contributed by atoms with van der Waals surface area (Å²) in [5.74, 6) is 0.665. The van der Waals surface area contributed by atoms with Gasteiger partial charge in [0.25, 0.3) is 5.91 Å². The number of rotatable bonds is 2. The summed E-state index contributed by atoms with van der Waals surface area (Å²) in [4.78, 5) is 32.7. The summed E-state index contributed by atoms with van der Waals surface area (Å²) in [6.07, 6.45) is 4.58. The molecule has 0 aromatic carbocycles. The van der Waals surface area contributed by atoms with Crippen LogP contribution in [0.2, 0.25) is 0 Å². The monoisotopic (exact) mass is 318 g/mol. The Kier molecular flexibility index (Phi) is 3.60. The summed E-state index contributed by atoms with van der Waals surface area (Å²) in [6.45, 7) is 4.20. The summed E-state index contributed by atoms with van der Waals surface area (Å²) in [5, 5.41) is 5.75. The average Bonchev–Trinajstić information content (AvgIpc) is 3.12. The van der Waals surface area contributed by atoms with Gasteiger partial charge in [0.05, 0.1) is 25.4 Å². The molecule has 0 spiro atoms. The second kappa shape index (κ2) is 5.63. The van der Waals surface area contributed by atoms with Gasteiger partial charge in [0.15, 0.2) is 6.04 Å². The number of hydrogen-bond acceptors (Lipinski definition) is 4. The number of carbonyl (C=O) groups excluding carboxylic acids is 2. The molecule has 2 aliphatic heterocycles. The lowest BCUT2D eigenvalue weighted by molar-refractivity contribution is -0.201. The van der Waals surface area contributed by atoms with Crippen molar-refractivity contribution in [2.24, 2.45) is 11.8 Å². The number of hydrogen-bond donors (Lipinski definition) is 0. The van der Waals surface area contributed by atoms with Crippen molar-refractivity contribution in [1.29, 1.82) is 0 Å². The fourth-order valence-electron chi connectivity index (χ4n) is 3.48. The molecule has 3 atom stereocenters. The lowest BCUT2D eigenvalue weighted by Gasteiger charge is -2.36. The second-order valence-corrected chi connectivity index (χ2v) is 6.80. The number of aromatic nitrogens is 2. The van der Waals surface area contributed by atoms with Gasteiger partial charge in [-0.05, 0) is 31.2 Å². The highest BCUT2D eigenvalue weighted by Crippen LogP contribution is 2.40. The third-order valence-electron chi connectivity index (χ3n) is 5.07. The minimum Gasteiger partial charge on any atom is -0.334 e. The third-order valence-corrected chi connectivity index (χ3v) is 5.07. The van der Waals surface area contributed by atoms with Crippen LogP contribution in [-0.4, -0.2) is 51.3 Å². The minimum atomic E-state index is -0.482. The highest BCUT2D eigenvalue weighted by molar-refractivity contribution is 5.84. The molecular formula is C16H22N4O3. The van der Waals surface area contributed by atoms with Crippen molar-refractivity contribution in [2.45, 2.75) is 38.8 Å². The molecule has 23 heavy (non-hydrogen) atoms. The summed E-state index contributed by atoms with van der Waals surface area (Å²) in [7, 11) is 0. The molecule has 0 N–H and O–H groups in total. The molecule has 3 heterocycles. The summed E-state index contributed by atoms with van der Waals surface area (Å²) in [6, 6.07) is 1.40. The van der Waals surface area contributed by atoms with E-state index in [0.29, 0.717) is 32.2 Å². The van der Waals surface area contributed by atoms with Crippen molar-refractivity contribution in [3.05, 3.63) is 18.0 Å². The Bertz CT molecular complexity index is 623. The van der Waals surface area contributed by atoms with Crippen LogP contribution < -0.4 is 0 Å². The Morgan fingerprint density at radius 2 is 2.13 bits per heavy atom. The van der Waals surface area contributed by atoms with Crippen molar-refractivity contribution in [3.8, 4) is 0 Å². The number of fused-ring (bicyclic) bond motifs is 1. The van der Waals surface area contributed by atoms with E-state index in [1.165, 1.54) is 5.06 Å². The van der Waals surface area contributed by atoms with Gasteiger partial charge in [-0.3, -0.25) is 19.1 Å². The highest BCUT2D eigenvalue weighted by atomic mass is 16.7. The third kappa shape index (κ3) is 2.63. The normalized spacial score (nSPS) is 30.0. The molecule has 2 fully saturated rings. The predicted molar refractivity (Wildman–Crippen MR) is 80.9 cm³/mol. The maximum Gasteiger partial charge on any atom is 0.272 e. The van der Waals surface area contributed by atoms with E-state index in [-0.39, 0.29) is 17.7 Å². The van der Waals surface area contributed by atoms with Crippen LogP contribution in [0.15, 0.2) is 12.3 Å². The maximum atomic E-state index is 12.8. The van der Waals surface area contributed by atoms with Crippen molar-refractivity contribution >= 4 is 11.8 Å². The van der Waals surface area contributed by atoms with E-state index in [1.807, 2.05) is 11.0 Å². The van der Waals surface area contributed by atoms with Crippen LogP contribution in [0.25, 0.3) is 0 Å². The van der Waals surface area contributed by atoms with Crippen LogP contribution >= 0.6 is 0 Å². The van der Waals surface area contributed by atoms with Gasteiger partial charge >= 0.3 is 0 Å². The Labute approximate surface area is 135 Å². The fraction of sp³-hybridized carbons (Fsp3) is 0.688. The zero-order valence-electron chi connectivity index (χ0n) is 13.4. The van der Waals surface area contributed by atoms with Crippen LogP contribution in [-0.2, 0) is 21.0 Å². The van der Waals surface area contributed by atoms with Gasteiger partial charge in [-0.1, -0.05) is 6.92 Å². The van der Waals surface area contributed by atoms with Gasteiger partial charge < -0.3 is 4.90 Å². The smallest absolute Gasteiger partial charge is 0.272 e. The Hall–Kier alpha value is -1.89. The van der Waals surface area contributed by atoms with Crippen LogP contribution in [0.1, 0.15) is 37.9 Å². The lowest BCUT2D eigenvalue weighted by Crippen LogP contribution is -2.49. The van der Waals surface area contributed by atoms with Crippen molar-refractivity contribution in [3.63, 3.8) is 0 Å². The molecule has 1 aromatic heterocycles. The number of carbonyl (C=O) groups is 2. The predicted octanol–water partition coefficient (Wildman–Crippen LogP) is 0.976. The first kappa shape index (κ1) is 14.7. The van der Waals surface area contributed by atoms with E-state index in [0.717, 1.165) is 25.0 Å². The van der Waals surface area contributed by atoms with E-state index < -0.39 is 6.04 Å². The summed E-state index contributed by atoms with van der Waals surface area (Å²) < 4.78 is 1.75. The first-order valence-electron chi connectivity index (χ1n) is 8.40. The number of nitrogens with zero attached hydrogens (tertiary/aromatic N) is 4. The fourth-order valence-corrected chi connectivity index (χ4v) is 3.48. The lowest BCUT2D eigenvalue weighted by atomic mass is 10.1. The molecule has 0 unspecified atom stereocenters. The van der Waals surface area contributed by atoms with Gasteiger partial charge in [0, 0.05) is 18.7 Å². The second-order valence-electron chi connectivity index (χ2n) is 6.80. The standard InChI is InChI=1S/C16H22N4O3/c1-11-8-13(11)15(21)18-9-12-4-5-17-20(12)14(10-18)16(22)19-6-2-3-7-23-19/h4-5,11,13-14H,2-3,6-10H2,1H3/t11-,13-,14+/m1/s1. The van der Waals surface area contributed by atoms with Crippen LogP contribution in [0.3, 0.4) is 0 Å². The molecule has 7 heteroatoms. The molecule has 1 aliphatic carbocycles. The zero-order valence-corrected chi connectivity index (χ0v) is 13.4. The van der Waals surface area contributed by atoms with Gasteiger partial charge in [0.1, 0.15) is 0 Å². The molecule has 4 rings (SSSR count). The van der Waals surface area contributed by atoms with Gasteiger partial charge in [-0.15, -0.1) is 0 Å². The van der Waals surface area contributed by atoms with Crippen molar-refractivity contribution in [1.82, 2.24) is 19.7 Å². The highest BCUT2D eigenvalue weighted by Gasteiger charge is 2.44. The topological polar surface area (TPSA) is 67.7 Å². The molecular weight excluding hydrogens is 296 g/mol. The Morgan fingerprint density at radius 1 is 1.30 bits per heavy atom. The Morgan fingerprint density at radius 3 is 2.83 bits per heavy atom. The molecule has 124 valence electrons. The van der Waals surface area contributed by atoms with Crippen molar-refractivity contribution in [2.75, 3.05) is 19.7 Å². The molecule has 0 bridgehead atoms. The molecule has 7 nitrogen and oxygen atoms in total. The summed E-state index contributed by atoms with van der Waals surface area (Å²) in [5.41, 5.74) is 0.910. The molecule has 1 saturated carbocycles. The molecule has 2 amide bonds. The maximum absolute atomic E-state index is 12.8. The largest absolute Gasteiger partial charge is 0.334 e. The Balaban J connectivity index is 1.55. The molecule has 0 radical (unpaired) electrons. The van der Waals surface area contributed by atoms with Crippen LogP contribution in [0.5, 0.6) is 0 Å². The van der Waals surface area contributed by atoms with Crippen LogP contribution in [0.4, 0.5) is 0 Å². The van der Waals surface area contributed by atoms with Crippen molar-refractivity contribution < 1.29 is 14.4 Å². The minimum absolute atomic E-state index is 0.101. The molecule has 1 saturated heterocycles.